The molecule has 0 saturated carbocycles. The minimum absolute atomic E-state index is 0.0219. The van der Waals surface area contributed by atoms with Crippen LogP contribution in [0.2, 0.25) is 0 Å². The van der Waals surface area contributed by atoms with Crippen molar-refractivity contribution in [1.29, 1.82) is 0 Å². The molecule has 1 heterocycles. The molecule has 0 unspecified atom stereocenters. The first kappa shape index (κ1) is 30.8. The van der Waals surface area contributed by atoms with Crippen molar-refractivity contribution in [2.45, 2.75) is 57.1 Å². The van der Waals surface area contributed by atoms with Crippen molar-refractivity contribution in [2.75, 3.05) is 50.2 Å². The van der Waals surface area contributed by atoms with Gasteiger partial charge >= 0.3 is 5.97 Å². The lowest BCUT2D eigenvalue weighted by molar-refractivity contribution is -0.384. The molecule has 1 aromatic carbocycles. The van der Waals surface area contributed by atoms with Crippen LogP contribution < -0.4 is 5.32 Å². The van der Waals surface area contributed by atoms with Crippen molar-refractivity contribution in [3.8, 4) is 0 Å². The molecule has 1 aliphatic rings. The third-order valence-corrected chi connectivity index (χ3v) is 8.28. The maximum Gasteiger partial charge on any atom is 0.329 e. The lowest BCUT2D eigenvalue weighted by Gasteiger charge is -2.30. The summed E-state index contributed by atoms with van der Waals surface area (Å²) in [7, 11) is -3.95. The lowest BCUT2D eigenvalue weighted by Crippen LogP contribution is -2.45. The summed E-state index contributed by atoms with van der Waals surface area (Å²) < 4.78 is 37.6. The second-order valence-corrected chi connectivity index (χ2v) is 12.0. The summed E-state index contributed by atoms with van der Waals surface area (Å²) in [6, 6.07) is 2.39. The number of carbonyl (C=O) groups is 2. The number of nitrogens with zero attached hydrogens (tertiary/aromatic N) is 3. The van der Waals surface area contributed by atoms with E-state index < -0.39 is 39.3 Å². The number of ether oxygens (including phenoxy) is 2. The van der Waals surface area contributed by atoms with E-state index in [2.05, 4.69) is 5.32 Å². The van der Waals surface area contributed by atoms with Gasteiger partial charge in [0.25, 0.3) is 11.6 Å². The summed E-state index contributed by atoms with van der Waals surface area (Å²) in [4.78, 5) is 38.0. The molecule has 37 heavy (non-hydrogen) atoms. The monoisotopic (exact) mass is 560 g/mol. The summed E-state index contributed by atoms with van der Waals surface area (Å²) in [5, 5.41) is 14.7. The van der Waals surface area contributed by atoms with E-state index in [9.17, 15) is 28.1 Å². The zero-order chi connectivity index (χ0) is 27.8. The average Bonchev–Trinajstić information content (AvgIpc) is 2.85. The Balaban J connectivity index is 2.24. The third kappa shape index (κ3) is 8.28. The zero-order valence-electron chi connectivity index (χ0n) is 21.8. The van der Waals surface area contributed by atoms with Crippen LogP contribution in [0.1, 0.15) is 34.1 Å². The molecule has 208 valence electrons. The Kier molecular flexibility index (Phi) is 11.6. The fraction of sp³-hybridized carbons (Fsp3) is 0.652. The first-order chi connectivity index (χ1) is 17.4. The standard InChI is InChI=1S/C23H36N4O8S2/c1-16(2)26(17(3)4)22(28)15-35-23(29)20(8-13-36-5)24-19-7-6-18(14-21(19)27(30)31)37(32,33)25-9-11-34-12-10-25/h6-7,14,16-17,20,24H,8-13,15H2,1-5H3/t20-/m1/s1. The highest BCUT2D eigenvalue weighted by atomic mass is 32.2. The Morgan fingerprint density at radius 3 is 2.38 bits per heavy atom. The highest BCUT2D eigenvalue weighted by Gasteiger charge is 2.31. The van der Waals surface area contributed by atoms with Crippen molar-refractivity contribution in [3.63, 3.8) is 0 Å². The highest BCUT2D eigenvalue weighted by Crippen LogP contribution is 2.30. The summed E-state index contributed by atoms with van der Waals surface area (Å²) in [6.45, 7) is 7.81. The molecule has 0 bridgehead atoms. The maximum atomic E-state index is 13.0. The van der Waals surface area contributed by atoms with Gasteiger partial charge in [-0.25, -0.2) is 13.2 Å². The van der Waals surface area contributed by atoms with Crippen molar-refractivity contribution in [2.24, 2.45) is 0 Å². The van der Waals surface area contributed by atoms with Gasteiger partial charge in [-0.05, 0) is 58.3 Å². The highest BCUT2D eigenvalue weighted by molar-refractivity contribution is 7.98. The normalized spacial score (nSPS) is 15.4. The van der Waals surface area contributed by atoms with E-state index in [0.717, 1.165) is 6.07 Å². The van der Waals surface area contributed by atoms with Gasteiger partial charge in [0.15, 0.2) is 6.61 Å². The summed E-state index contributed by atoms with van der Waals surface area (Å²) in [5.74, 6) is -0.526. The molecular weight excluding hydrogens is 524 g/mol. The number of morpholine rings is 1. The minimum Gasteiger partial charge on any atom is -0.454 e. The van der Waals surface area contributed by atoms with Crippen LogP contribution in [0.25, 0.3) is 0 Å². The van der Waals surface area contributed by atoms with Crippen molar-refractivity contribution >= 4 is 45.0 Å². The summed E-state index contributed by atoms with van der Waals surface area (Å²) >= 11 is 1.48. The lowest BCUT2D eigenvalue weighted by atomic mass is 10.2. The molecule has 12 nitrogen and oxygen atoms in total. The van der Waals surface area contributed by atoms with Gasteiger partial charge in [-0.2, -0.15) is 16.1 Å². The van der Waals surface area contributed by atoms with Gasteiger partial charge in [0.1, 0.15) is 11.7 Å². The number of thioether (sulfide) groups is 1. The van der Waals surface area contributed by atoms with Gasteiger partial charge < -0.3 is 19.7 Å². The molecule has 1 fully saturated rings. The van der Waals surface area contributed by atoms with E-state index in [1.54, 1.807) is 4.90 Å². The van der Waals surface area contributed by atoms with Gasteiger partial charge in [0.05, 0.1) is 23.0 Å². The van der Waals surface area contributed by atoms with E-state index in [1.165, 1.54) is 28.2 Å². The number of rotatable bonds is 13. The van der Waals surface area contributed by atoms with Crippen LogP contribution in [-0.4, -0.2) is 97.5 Å². The van der Waals surface area contributed by atoms with Crippen LogP contribution in [-0.2, 0) is 29.1 Å². The van der Waals surface area contributed by atoms with Gasteiger partial charge in [-0.3, -0.25) is 14.9 Å². The molecule has 1 N–H and O–H groups in total. The van der Waals surface area contributed by atoms with Gasteiger partial charge in [-0.1, -0.05) is 0 Å². The molecular formula is C23H36N4O8S2. The fourth-order valence-corrected chi connectivity index (χ4v) is 5.93. The molecule has 1 atom stereocenters. The molecule has 2 rings (SSSR count). The number of sulfonamides is 1. The van der Waals surface area contributed by atoms with E-state index in [0.29, 0.717) is 5.75 Å². The molecule has 0 spiro atoms. The first-order valence-corrected chi connectivity index (χ1v) is 14.8. The topological polar surface area (TPSA) is 148 Å². The minimum atomic E-state index is -3.95. The quantitative estimate of drug-likeness (QED) is 0.216. The molecule has 14 heteroatoms. The largest absolute Gasteiger partial charge is 0.454 e. The second kappa shape index (κ2) is 13.9. The van der Waals surface area contributed by atoms with Gasteiger partial charge in [0, 0.05) is 31.2 Å². The Hall–Kier alpha value is -2.42. The molecule has 1 saturated heterocycles. The number of nitro groups is 1. The van der Waals surface area contributed by atoms with Crippen LogP contribution in [0.3, 0.4) is 0 Å². The van der Waals surface area contributed by atoms with Gasteiger partial charge in [0.2, 0.25) is 10.0 Å². The van der Waals surface area contributed by atoms with Gasteiger partial charge in [-0.15, -0.1) is 0 Å². The Bertz CT molecular complexity index is 1050. The Labute approximate surface area is 222 Å². The second-order valence-electron chi connectivity index (χ2n) is 9.03. The number of hydrogen-bond acceptors (Lipinski definition) is 10. The number of amides is 1. The summed E-state index contributed by atoms with van der Waals surface area (Å²) in [6.07, 6.45) is 2.13. The van der Waals surface area contributed by atoms with Crippen molar-refractivity contribution in [1.82, 2.24) is 9.21 Å². The first-order valence-electron chi connectivity index (χ1n) is 12.0. The molecule has 1 amide bonds. The van der Waals surface area contributed by atoms with Crippen molar-refractivity contribution in [3.05, 3.63) is 28.3 Å². The number of hydrogen-bond donors (Lipinski definition) is 1. The number of anilines is 1. The molecule has 1 aliphatic heterocycles. The Morgan fingerprint density at radius 2 is 1.84 bits per heavy atom. The van der Waals surface area contributed by atoms with E-state index in [4.69, 9.17) is 9.47 Å². The SMILES string of the molecule is CSCC[C@@H](Nc1ccc(S(=O)(=O)N2CCOCC2)cc1[N+](=O)[O-])C(=O)OCC(=O)N(C(C)C)C(C)C. The predicted molar refractivity (Wildman–Crippen MR) is 141 cm³/mol. The van der Waals surface area contributed by atoms with Crippen LogP contribution in [0.5, 0.6) is 0 Å². The van der Waals surface area contributed by atoms with E-state index in [-0.39, 0.29) is 61.3 Å². The zero-order valence-corrected chi connectivity index (χ0v) is 23.5. The van der Waals surface area contributed by atoms with E-state index in [1.807, 2.05) is 34.0 Å². The fourth-order valence-electron chi connectivity index (χ4n) is 4.03. The number of carbonyl (C=O) groups excluding carboxylic acids is 2. The number of nitro benzene ring substituents is 1. The van der Waals surface area contributed by atoms with Crippen LogP contribution >= 0.6 is 11.8 Å². The third-order valence-electron chi connectivity index (χ3n) is 5.74. The van der Waals surface area contributed by atoms with Crippen LogP contribution in [0.4, 0.5) is 11.4 Å². The summed E-state index contributed by atoms with van der Waals surface area (Å²) in [5.41, 5.74) is -0.510. The smallest absolute Gasteiger partial charge is 0.329 e. The molecule has 0 aliphatic carbocycles. The molecule has 0 aromatic heterocycles. The number of nitrogens with one attached hydrogen (secondary N) is 1. The van der Waals surface area contributed by atoms with Crippen molar-refractivity contribution < 1.29 is 32.4 Å². The number of benzene rings is 1. The van der Waals surface area contributed by atoms with Crippen LogP contribution in [0.15, 0.2) is 23.1 Å². The predicted octanol–water partition coefficient (Wildman–Crippen LogP) is 2.34. The van der Waals surface area contributed by atoms with E-state index >= 15 is 0 Å². The number of esters is 1. The molecule has 1 aromatic rings. The average molecular weight is 561 g/mol. The maximum absolute atomic E-state index is 13.0. The Morgan fingerprint density at radius 1 is 1.22 bits per heavy atom. The molecule has 0 radical (unpaired) electrons. The van der Waals surface area contributed by atoms with Crippen LogP contribution in [0, 0.1) is 10.1 Å².